The van der Waals surface area contributed by atoms with Gasteiger partial charge in [0.1, 0.15) is 0 Å². The second-order valence-corrected chi connectivity index (χ2v) is 12.1. The zero-order valence-corrected chi connectivity index (χ0v) is 24.9. The Bertz CT molecular complexity index is 1290. The Kier molecular flexibility index (Phi) is 9.25. The minimum absolute atomic E-state index is 0.203. The van der Waals surface area contributed by atoms with Crippen molar-refractivity contribution in [2.75, 3.05) is 0 Å². The Balaban J connectivity index is 0.000000199. The summed E-state index contributed by atoms with van der Waals surface area (Å²) in [5.41, 5.74) is 4.42. The van der Waals surface area contributed by atoms with Crippen molar-refractivity contribution >= 4 is 36.9 Å². The van der Waals surface area contributed by atoms with Crippen LogP contribution in [-0.2, 0) is 35.1 Å². The Morgan fingerprint density at radius 1 is 0.686 bits per heavy atom. The van der Waals surface area contributed by atoms with Crippen LogP contribution in [0.5, 0.6) is 0 Å². The number of halogens is 1. The van der Waals surface area contributed by atoms with E-state index in [1.807, 2.05) is 54.6 Å². The normalized spacial score (nSPS) is 11.5. The van der Waals surface area contributed by atoms with Crippen LogP contribution in [0.1, 0.15) is 58.2 Å². The van der Waals surface area contributed by atoms with Gasteiger partial charge in [-0.15, -0.1) is 39.7 Å². The summed E-state index contributed by atoms with van der Waals surface area (Å²) >= 11 is 7.12. The van der Waals surface area contributed by atoms with Crippen molar-refractivity contribution in [3.05, 3.63) is 119 Å². The van der Waals surface area contributed by atoms with Gasteiger partial charge >= 0.3 is 74.4 Å². The summed E-state index contributed by atoms with van der Waals surface area (Å²) in [7, 11) is 0. The van der Waals surface area contributed by atoms with Crippen molar-refractivity contribution in [1.82, 2.24) is 0 Å². The molecule has 2 heteroatoms. The van der Waals surface area contributed by atoms with Crippen LogP contribution in [0, 0.1) is 0 Å². The fourth-order valence-corrected chi connectivity index (χ4v) is 4.51. The average molecular weight is 558 g/mol. The van der Waals surface area contributed by atoms with Gasteiger partial charge in [-0.25, -0.2) is 12.1 Å². The second kappa shape index (κ2) is 11.8. The van der Waals surface area contributed by atoms with Gasteiger partial charge in [-0.2, -0.15) is 18.2 Å². The van der Waals surface area contributed by atoms with Gasteiger partial charge < -0.3 is 0 Å². The summed E-state index contributed by atoms with van der Waals surface area (Å²) in [6.07, 6.45) is 0. The molecule has 0 fully saturated rings. The molecule has 0 bridgehead atoms. The molecule has 0 nitrogen and oxygen atoms in total. The third-order valence-corrected chi connectivity index (χ3v) is 7.06. The van der Waals surface area contributed by atoms with Gasteiger partial charge in [-0.05, 0) is 10.8 Å². The maximum Gasteiger partial charge on any atom is -0.172 e. The van der Waals surface area contributed by atoms with Crippen LogP contribution in [0.25, 0.3) is 21.5 Å². The first-order valence-corrected chi connectivity index (χ1v) is 13.9. The van der Waals surface area contributed by atoms with Crippen molar-refractivity contribution in [1.29, 1.82) is 0 Å². The standard InChI is InChI=1S/C21H25.C7H5Cl.C5H5.Zr/c1-20(2,3)16-7-9-18-14(12-16)11-15-13-17(21(4,5)6)8-10-19(15)18;1-6-3-2-4-7(8)5-6;1-2-4-5-3-1;/h7-13H,1-6H3;1-5H;1-5H;/q-1;;-1;+2. The Morgan fingerprint density at radius 3 is 1.54 bits per heavy atom. The molecule has 178 valence electrons. The average Bonchev–Trinajstić information content (AvgIpc) is 3.49. The van der Waals surface area contributed by atoms with Gasteiger partial charge in [0, 0.05) is 0 Å². The van der Waals surface area contributed by atoms with E-state index in [9.17, 15) is 0 Å². The molecule has 0 aliphatic heterocycles. The van der Waals surface area contributed by atoms with Crippen LogP contribution >= 0.6 is 11.6 Å². The zero-order valence-electron chi connectivity index (χ0n) is 21.7. The van der Waals surface area contributed by atoms with E-state index in [0.29, 0.717) is 0 Å². The fourth-order valence-electron chi connectivity index (χ4n) is 3.87. The first-order chi connectivity index (χ1) is 16.5. The smallest absolute Gasteiger partial charge is 0.172 e. The van der Waals surface area contributed by atoms with E-state index in [2.05, 4.69) is 87.7 Å². The van der Waals surface area contributed by atoms with Gasteiger partial charge in [-0.3, -0.25) is 0 Å². The van der Waals surface area contributed by atoms with Crippen LogP contribution in [-0.4, -0.2) is 3.71 Å². The summed E-state index contributed by atoms with van der Waals surface area (Å²) in [6, 6.07) is 34.0. The third kappa shape index (κ3) is 7.70. The molecule has 0 spiro atoms. The van der Waals surface area contributed by atoms with E-state index in [1.54, 1.807) is 0 Å². The third-order valence-electron chi connectivity index (χ3n) is 6.01. The van der Waals surface area contributed by atoms with Crippen LogP contribution in [0.4, 0.5) is 0 Å². The number of benzene rings is 3. The van der Waals surface area contributed by atoms with Crippen molar-refractivity contribution in [3.8, 4) is 0 Å². The Hall–Kier alpha value is -2.08. The maximum absolute atomic E-state index is 5.71. The molecule has 0 aliphatic rings. The largest absolute Gasteiger partial charge is 0.214 e. The molecule has 0 aromatic heterocycles. The summed E-state index contributed by atoms with van der Waals surface area (Å²) < 4.78 is 2.11. The molecule has 5 aromatic carbocycles. The van der Waals surface area contributed by atoms with E-state index >= 15 is 0 Å². The monoisotopic (exact) mass is 556 g/mol. The predicted molar refractivity (Wildman–Crippen MR) is 153 cm³/mol. The van der Waals surface area contributed by atoms with Crippen molar-refractivity contribution in [3.63, 3.8) is 0 Å². The van der Waals surface area contributed by atoms with E-state index in [0.717, 1.165) is 5.02 Å². The van der Waals surface area contributed by atoms with Crippen LogP contribution in [0.2, 0.25) is 5.02 Å². The van der Waals surface area contributed by atoms with Gasteiger partial charge in [0.2, 0.25) is 0 Å². The minimum atomic E-state index is 0.203. The zero-order chi connectivity index (χ0) is 25.6. The maximum atomic E-state index is 5.71. The van der Waals surface area contributed by atoms with Gasteiger partial charge in [0.05, 0.1) is 0 Å². The molecule has 5 rings (SSSR count). The molecule has 0 saturated heterocycles. The fraction of sp³-hybridized carbons (Fsp3) is 0.242. The van der Waals surface area contributed by atoms with E-state index in [1.165, 1.54) is 62.5 Å². The van der Waals surface area contributed by atoms with E-state index in [4.69, 9.17) is 11.6 Å². The van der Waals surface area contributed by atoms with E-state index in [-0.39, 0.29) is 10.8 Å². The van der Waals surface area contributed by atoms with Gasteiger partial charge in [0.25, 0.3) is 0 Å². The first kappa shape index (κ1) is 27.5. The molecular weight excluding hydrogens is 523 g/mol. The Morgan fingerprint density at radius 2 is 1.20 bits per heavy atom. The van der Waals surface area contributed by atoms with E-state index < -0.39 is 0 Å². The quantitative estimate of drug-likeness (QED) is 0.180. The predicted octanol–water partition coefficient (Wildman–Crippen LogP) is 9.75. The molecule has 0 saturated carbocycles. The van der Waals surface area contributed by atoms with Crippen LogP contribution in [0.15, 0.2) is 97.1 Å². The summed E-state index contributed by atoms with van der Waals surface area (Å²) in [6.45, 7) is 13.6. The number of hydrogen-bond acceptors (Lipinski definition) is 0. The number of rotatable bonds is 1. The summed E-state index contributed by atoms with van der Waals surface area (Å²) in [5, 5.41) is 6.29. The molecule has 0 atom stereocenters. The SMILES string of the molecule is CC(C)(C)c1ccc2c(c1)[cH-]c1cc(C(C)(C)C)ccc12.Clc1cccc([CH]=[Zr+2])c1.c1cc[cH-]c1. The molecule has 0 heterocycles. The topological polar surface area (TPSA) is 0 Å². The Labute approximate surface area is 231 Å². The summed E-state index contributed by atoms with van der Waals surface area (Å²) in [4.78, 5) is 0. The van der Waals surface area contributed by atoms with Crippen molar-refractivity contribution in [2.45, 2.75) is 52.4 Å². The molecule has 0 amide bonds. The van der Waals surface area contributed by atoms with Crippen molar-refractivity contribution in [2.24, 2.45) is 0 Å². The molecule has 0 unspecified atom stereocenters. The number of fused-ring (bicyclic) bond motifs is 3. The van der Waals surface area contributed by atoms with Crippen LogP contribution in [0.3, 0.4) is 0 Å². The molecular formula is C33H35ClZr. The second-order valence-electron chi connectivity index (χ2n) is 10.9. The number of hydrogen-bond donors (Lipinski definition) is 0. The van der Waals surface area contributed by atoms with Gasteiger partial charge in [0.15, 0.2) is 0 Å². The van der Waals surface area contributed by atoms with Gasteiger partial charge in [-0.1, -0.05) is 76.9 Å². The first-order valence-electron chi connectivity index (χ1n) is 12.1. The molecule has 0 aliphatic carbocycles. The molecule has 35 heavy (non-hydrogen) atoms. The van der Waals surface area contributed by atoms with Crippen LogP contribution < -0.4 is 0 Å². The molecule has 0 N–H and O–H groups in total. The summed E-state index contributed by atoms with van der Waals surface area (Å²) in [5.74, 6) is 0. The van der Waals surface area contributed by atoms with Crippen molar-refractivity contribution < 1.29 is 24.2 Å². The minimum Gasteiger partial charge on any atom is -0.214 e. The molecule has 5 aromatic rings. The molecule has 0 radical (unpaired) electrons.